The van der Waals surface area contributed by atoms with Crippen LogP contribution in [-0.4, -0.2) is 47.2 Å². The number of amides is 1. The number of aromatic nitrogens is 2. The third-order valence-corrected chi connectivity index (χ3v) is 6.56. The number of nitrogens with one attached hydrogen (secondary N) is 1. The van der Waals surface area contributed by atoms with Gasteiger partial charge in [0, 0.05) is 43.9 Å². The number of carbonyl (C=O) groups is 1. The van der Waals surface area contributed by atoms with Gasteiger partial charge in [0.15, 0.2) is 0 Å². The molecule has 4 atom stereocenters. The van der Waals surface area contributed by atoms with Crippen molar-refractivity contribution in [2.75, 3.05) is 24.5 Å². The van der Waals surface area contributed by atoms with Crippen molar-refractivity contribution in [3.63, 3.8) is 0 Å². The van der Waals surface area contributed by atoms with Gasteiger partial charge in [-0.15, -0.1) is 0 Å². The van der Waals surface area contributed by atoms with E-state index in [1.165, 1.54) is 12.1 Å². The van der Waals surface area contributed by atoms with Crippen molar-refractivity contribution >= 4 is 11.7 Å². The summed E-state index contributed by atoms with van der Waals surface area (Å²) in [4.78, 5) is 23.6. The molecule has 2 bridgehead atoms. The van der Waals surface area contributed by atoms with Gasteiger partial charge in [-0.1, -0.05) is 12.1 Å². The van der Waals surface area contributed by atoms with E-state index in [1.807, 2.05) is 6.92 Å². The number of hydrogen-bond acceptors (Lipinski definition) is 5. The summed E-state index contributed by atoms with van der Waals surface area (Å²) in [5.74, 6) is 0.605. The number of halogens is 1. The molecule has 3 aliphatic heterocycles. The van der Waals surface area contributed by atoms with E-state index in [4.69, 9.17) is 4.74 Å². The van der Waals surface area contributed by atoms with Gasteiger partial charge >= 0.3 is 0 Å². The van der Waals surface area contributed by atoms with Gasteiger partial charge in [-0.2, -0.15) is 0 Å². The molecule has 6 nitrogen and oxygen atoms in total. The zero-order valence-electron chi connectivity index (χ0n) is 15.8. The average molecular weight is 382 g/mol. The van der Waals surface area contributed by atoms with E-state index >= 15 is 0 Å². The number of benzene rings is 1. The lowest BCUT2D eigenvalue weighted by Gasteiger charge is -2.29. The van der Waals surface area contributed by atoms with Crippen LogP contribution in [0.3, 0.4) is 0 Å². The summed E-state index contributed by atoms with van der Waals surface area (Å²) < 4.78 is 20.3. The summed E-state index contributed by atoms with van der Waals surface area (Å²) in [6.45, 7) is 4.12. The summed E-state index contributed by atoms with van der Waals surface area (Å²) in [6.07, 6.45) is 5.63. The van der Waals surface area contributed by atoms with E-state index in [-0.39, 0.29) is 29.1 Å². The molecule has 1 N–H and O–H groups in total. The predicted octanol–water partition coefficient (Wildman–Crippen LogP) is 2.34. The van der Waals surface area contributed by atoms with Crippen molar-refractivity contribution in [3.05, 3.63) is 53.7 Å². The number of fused-ring (bicyclic) bond motifs is 1. The number of anilines is 1. The van der Waals surface area contributed by atoms with Crippen LogP contribution < -0.4 is 10.2 Å². The van der Waals surface area contributed by atoms with Gasteiger partial charge in [-0.3, -0.25) is 9.78 Å². The minimum Gasteiger partial charge on any atom is -0.369 e. The molecule has 0 unspecified atom stereocenters. The topological polar surface area (TPSA) is 67.4 Å². The number of nitrogens with zero attached hydrogens (tertiary/aromatic N) is 3. The van der Waals surface area contributed by atoms with Crippen LogP contribution in [0.5, 0.6) is 0 Å². The van der Waals surface area contributed by atoms with Crippen LogP contribution in [0.15, 0.2) is 36.7 Å². The molecule has 7 heteroatoms. The Morgan fingerprint density at radius 1 is 1.36 bits per heavy atom. The minimum absolute atomic E-state index is 0.0875. The number of carbonyl (C=O) groups excluding carboxylic acids is 1. The molecular weight excluding hydrogens is 359 g/mol. The molecule has 2 aromatic rings. The lowest BCUT2D eigenvalue weighted by molar-refractivity contribution is 0.0141. The molecule has 28 heavy (non-hydrogen) atoms. The van der Waals surface area contributed by atoms with E-state index in [1.54, 1.807) is 24.5 Å². The molecule has 5 rings (SSSR count). The van der Waals surface area contributed by atoms with Crippen LogP contribution in [0, 0.1) is 24.6 Å². The van der Waals surface area contributed by atoms with Gasteiger partial charge in [-0.25, -0.2) is 9.37 Å². The van der Waals surface area contributed by atoms with Crippen LogP contribution in [0.1, 0.15) is 28.9 Å². The lowest BCUT2D eigenvalue weighted by atomic mass is 9.73. The summed E-state index contributed by atoms with van der Waals surface area (Å²) in [7, 11) is 0. The molecule has 3 saturated heterocycles. The maximum Gasteiger partial charge on any atom is 0.254 e. The van der Waals surface area contributed by atoms with Crippen LogP contribution in [0.25, 0.3) is 0 Å². The Morgan fingerprint density at radius 2 is 2.18 bits per heavy atom. The second-order valence-electron chi connectivity index (χ2n) is 8.07. The Balaban J connectivity index is 1.31. The zero-order chi connectivity index (χ0) is 19.3. The van der Waals surface area contributed by atoms with Crippen LogP contribution in [0.4, 0.5) is 10.2 Å². The Bertz CT molecular complexity index is 923. The Labute approximate surface area is 163 Å². The molecule has 1 spiro atoms. The molecule has 146 valence electrons. The van der Waals surface area contributed by atoms with Crippen LogP contribution in [0.2, 0.25) is 0 Å². The first-order valence-corrected chi connectivity index (χ1v) is 9.80. The highest BCUT2D eigenvalue weighted by atomic mass is 19.1. The third kappa shape index (κ3) is 2.68. The molecule has 0 saturated carbocycles. The Hall–Kier alpha value is -2.54. The number of aryl methyl sites for hydroxylation is 1. The summed E-state index contributed by atoms with van der Waals surface area (Å²) >= 11 is 0. The monoisotopic (exact) mass is 382 g/mol. The van der Waals surface area contributed by atoms with Crippen molar-refractivity contribution < 1.29 is 13.9 Å². The summed E-state index contributed by atoms with van der Waals surface area (Å²) in [6, 6.07) is 6.08. The quantitative estimate of drug-likeness (QED) is 0.879. The maximum absolute atomic E-state index is 13.9. The summed E-state index contributed by atoms with van der Waals surface area (Å²) in [5, 5.41) is 2.94. The van der Waals surface area contributed by atoms with Crippen LogP contribution >= 0.6 is 0 Å². The molecular formula is C21H23FN4O2. The molecule has 1 aromatic carbocycles. The first-order chi connectivity index (χ1) is 13.6. The first kappa shape index (κ1) is 17.6. The molecule has 1 aromatic heterocycles. The molecule has 3 aliphatic rings. The smallest absolute Gasteiger partial charge is 0.254 e. The normalized spacial score (nSPS) is 30.5. The molecule has 3 fully saturated rings. The number of ether oxygens (including phenoxy) is 1. The van der Waals surface area contributed by atoms with Gasteiger partial charge in [-0.05, 0) is 31.9 Å². The van der Waals surface area contributed by atoms with E-state index in [0.717, 1.165) is 37.4 Å². The van der Waals surface area contributed by atoms with Gasteiger partial charge in [0.05, 0.1) is 23.0 Å². The van der Waals surface area contributed by atoms with Gasteiger partial charge in [0.1, 0.15) is 11.6 Å². The average Bonchev–Trinajstić information content (AvgIpc) is 3.35. The largest absolute Gasteiger partial charge is 0.369 e. The van der Waals surface area contributed by atoms with E-state index in [0.29, 0.717) is 12.5 Å². The van der Waals surface area contributed by atoms with Crippen molar-refractivity contribution in [2.45, 2.75) is 31.5 Å². The fraction of sp³-hybridized carbons (Fsp3) is 0.476. The van der Waals surface area contributed by atoms with E-state index in [2.05, 4.69) is 20.2 Å². The van der Waals surface area contributed by atoms with E-state index in [9.17, 15) is 9.18 Å². The molecule has 1 amide bonds. The Morgan fingerprint density at radius 3 is 3.00 bits per heavy atom. The fourth-order valence-electron chi connectivity index (χ4n) is 5.29. The third-order valence-electron chi connectivity index (χ3n) is 6.56. The van der Waals surface area contributed by atoms with Crippen molar-refractivity contribution in [1.29, 1.82) is 0 Å². The van der Waals surface area contributed by atoms with Crippen LogP contribution in [-0.2, 0) is 4.74 Å². The fourth-order valence-corrected chi connectivity index (χ4v) is 5.29. The predicted molar refractivity (Wildman–Crippen MR) is 102 cm³/mol. The maximum atomic E-state index is 13.9. The number of hydrogen-bond donors (Lipinski definition) is 1. The highest BCUT2D eigenvalue weighted by molar-refractivity contribution is 5.94. The highest BCUT2D eigenvalue weighted by Gasteiger charge is 2.63. The second kappa shape index (κ2) is 6.51. The molecule has 0 radical (unpaired) electrons. The minimum atomic E-state index is -0.495. The summed E-state index contributed by atoms with van der Waals surface area (Å²) in [5.41, 5.74) is 0.838. The Kier molecular flexibility index (Phi) is 4.08. The van der Waals surface area contributed by atoms with Gasteiger partial charge in [0.25, 0.3) is 5.91 Å². The zero-order valence-corrected chi connectivity index (χ0v) is 15.8. The van der Waals surface area contributed by atoms with Crippen molar-refractivity contribution in [1.82, 2.24) is 15.3 Å². The van der Waals surface area contributed by atoms with Gasteiger partial charge in [0.2, 0.25) is 0 Å². The van der Waals surface area contributed by atoms with Crippen molar-refractivity contribution in [2.24, 2.45) is 11.8 Å². The highest BCUT2D eigenvalue weighted by Crippen LogP contribution is 2.55. The number of rotatable bonds is 4. The first-order valence-electron chi connectivity index (χ1n) is 9.80. The van der Waals surface area contributed by atoms with Gasteiger partial charge < -0.3 is 15.0 Å². The second-order valence-corrected chi connectivity index (χ2v) is 8.07. The van der Waals surface area contributed by atoms with E-state index < -0.39 is 5.82 Å². The molecule has 0 aliphatic carbocycles. The van der Waals surface area contributed by atoms with Crippen molar-refractivity contribution in [3.8, 4) is 0 Å². The SMILES string of the molecule is Cc1nccnc1N1C[C@@H]2[C@H](CNC(=O)c3ccccc3F)[C@H]3CC[C@]2(C1)O3. The lowest BCUT2D eigenvalue weighted by Crippen LogP contribution is -2.42. The standard InChI is InChI=1S/C21H23FN4O2/c1-13-19(24-9-8-23-13)26-11-16-15(18-6-7-21(16,12-26)28-18)10-25-20(27)14-4-2-3-5-17(14)22/h2-5,8-9,15-16,18H,6-7,10-12H2,1H3,(H,25,27)/t15-,16+,18+,21+/m0/s1. The molecule has 4 heterocycles.